The molecule has 0 aromatic heterocycles. The maximum Gasteiger partial charge on any atom is 0.172 e. The van der Waals surface area contributed by atoms with E-state index in [4.69, 9.17) is 10.9 Å². The third-order valence-electron chi connectivity index (χ3n) is 3.07. The van der Waals surface area contributed by atoms with Gasteiger partial charge in [-0.1, -0.05) is 35.0 Å². The molecule has 0 heterocycles. The number of nitrogens with two attached hydrogens (primary N) is 1. The van der Waals surface area contributed by atoms with Crippen LogP contribution in [0.4, 0.5) is 11.4 Å². The van der Waals surface area contributed by atoms with Crippen molar-refractivity contribution in [2.24, 2.45) is 10.9 Å². The molecule has 0 spiro atoms. The monoisotopic (exact) mass is 255 g/mol. The molecule has 0 radical (unpaired) electrons. The van der Waals surface area contributed by atoms with Crippen molar-refractivity contribution in [3.8, 4) is 0 Å². The molecule has 2 aromatic carbocycles. The van der Waals surface area contributed by atoms with Gasteiger partial charge in [0.2, 0.25) is 0 Å². The second-order valence-electron chi connectivity index (χ2n) is 4.40. The molecule has 0 aliphatic rings. The number of hydrogen-bond acceptors (Lipinski definition) is 3. The molecule has 0 fully saturated rings. The fourth-order valence-electron chi connectivity index (χ4n) is 1.94. The Labute approximate surface area is 112 Å². The highest BCUT2D eigenvalue weighted by molar-refractivity contribution is 6.02. The van der Waals surface area contributed by atoms with E-state index >= 15 is 0 Å². The molecule has 0 amide bonds. The molecule has 4 heteroatoms. The number of rotatable bonds is 3. The van der Waals surface area contributed by atoms with Gasteiger partial charge < -0.3 is 15.8 Å². The molecular formula is C15H17N3O. The summed E-state index contributed by atoms with van der Waals surface area (Å²) in [5.74, 6) is 0.106. The third-order valence-corrected chi connectivity index (χ3v) is 3.07. The largest absolute Gasteiger partial charge is 0.409 e. The molecule has 2 rings (SSSR count). The van der Waals surface area contributed by atoms with Crippen molar-refractivity contribution in [2.75, 3.05) is 11.9 Å². The Morgan fingerprint density at radius 1 is 1.11 bits per heavy atom. The second kappa shape index (κ2) is 5.44. The Bertz CT molecular complexity index is 591. The van der Waals surface area contributed by atoms with Crippen LogP contribution in [-0.2, 0) is 0 Å². The SMILES string of the molecule is Cc1ccc(N(C)c2ccccc2C(N)=NO)cc1. The number of aryl methyl sites for hydroxylation is 1. The van der Waals surface area contributed by atoms with Gasteiger partial charge in [0.1, 0.15) is 0 Å². The Kier molecular flexibility index (Phi) is 3.71. The topological polar surface area (TPSA) is 61.8 Å². The molecule has 0 bridgehead atoms. The van der Waals surface area contributed by atoms with Gasteiger partial charge in [-0.15, -0.1) is 0 Å². The van der Waals surface area contributed by atoms with Gasteiger partial charge in [-0.3, -0.25) is 0 Å². The molecule has 2 aromatic rings. The highest BCUT2D eigenvalue weighted by Gasteiger charge is 2.11. The zero-order valence-electron chi connectivity index (χ0n) is 11.0. The lowest BCUT2D eigenvalue weighted by atomic mass is 10.1. The van der Waals surface area contributed by atoms with E-state index in [0.717, 1.165) is 11.4 Å². The van der Waals surface area contributed by atoms with Crippen molar-refractivity contribution in [1.82, 2.24) is 0 Å². The van der Waals surface area contributed by atoms with E-state index in [9.17, 15) is 0 Å². The lowest BCUT2D eigenvalue weighted by Crippen LogP contribution is -2.19. The average molecular weight is 255 g/mol. The molecule has 0 unspecified atom stereocenters. The number of benzene rings is 2. The summed E-state index contributed by atoms with van der Waals surface area (Å²) < 4.78 is 0. The maximum atomic E-state index is 8.85. The van der Waals surface area contributed by atoms with Crippen LogP contribution in [0.2, 0.25) is 0 Å². The predicted molar refractivity (Wildman–Crippen MR) is 78.2 cm³/mol. The number of nitrogens with zero attached hydrogens (tertiary/aromatic N) is 2. The molecule has 0 saturated carbocycles. The minimum atomic E-state index is 0.106. The van der Waals surface area contributed by atoms with E-state index in [2.05, 4.69) is 17.3 Å². The number of hydrogen-bond donors (Lipinski definition) is 2. The van der Waals surface area contributed by atoms with E-state index < -0.39 is 0 Å². The summed E-state index contributed by atoms with van der Waals surface area (Å²) in [5.41, 5.74) is 9.56. The van der Waals surface area contributed by atoms with Crippen molar-refractivity contribution in [1.29, 1.82) is 0 Å². The molecule has 0 aliphatic heterocycles. The van der Waals surface area contributed by atoms with Gasteiger partial charge in [-0.25, -0.2) is 0 Å². The summed E-state index contributed by atoms with van der Waals surface area (Å²) >= 11 is 0. The van der Waals surface area contributed by atoms with E-state index in [-0.39, 0.29) is 5.84 Å². The van der Waals surface area contributed by atoms with Gasteiger partial charge in [0.15, 0.2) is 5.84 Å². The van der Waals surface area contributed by atoms with Crippen LogP contribution in [0, 0.1) is 6.92 Å². The molecule has 98 valence electrons. The van der Waals surface area contributed by atoms with Crippen LogP contribution in [0.3, 0.4) is 0 Å². The molecule has 19 heavy (non-hydrogen) atoms. The Balaban J connectivity index is 2.44. The summed E-state index contributed by atoms with van der Waals surface area (Å²) in [6, 6.07) is 15.7. The summed E-state index contributed by atoms with van der Waals surface area (Å²) in [4.78, 5) is 2.01. The van der Waals surface area contributed by atoms with E-state index in [1.807, 2.05) is 55.3 Å². The lowest BCUT2D eigenvalue weighted by Gasteiger charge is -2.22. The second-order valence-corrected chi connectivity index (χ2v) is 4.40. The van der Waals surface area contributed by atoms with Crippen LogP contribution in [0.25, 0.3) is 0 Å². The third kappa shape index (κ3) is 2.68. The number of para-hydroxylation sites is 1. The fourth-order valence-corrected chi connectivity index (χ4v) is 1.94. The minimum absolute atomic E-state index is 0.106. The van der Waals surface area contributed by atoms with Crippen LogP contribution < -0.4 is 10.6 Å². The summed E-state index contributed by atoms with van der Waals surface area (Å²) in [6.07, 6.45) is 0. The molecule has 0 atom stereocenters. The summed E-state index contributed by atoms with van der Waals surface area (Å²) in [6.45, 7) is 2.05. The van der Waals surface area contributed by atoms with Crippen LogP contribution in [0.5, 0.6) is 0 Å². The van der Waals surface area contributed by atoms with Gasteiger partial charge in [-0.05, 0) is 31.2 Å². The first-order valence-electron chi connectivity index (χ1n) is 6.01. The molecule has 4 nitrogen and oxygen atoms in total. The number of amidine groups is 1. The van der Waals surface area contributed by atoms with Crippen molar-refractivity contribution in [2.45, 2.75) is 6.92 Å². The molecule has 0 saturated heterocycles. The van der Waals surface area contributed by atoms with Gasteiger partial charge in [0, 0.05) is 18.3 Å². The smallest absolute Gasteiger partial charge is 0.172 e. The average Bonchev–Trinajstić information content (AvgIpc) is 2.46. The van der Waals surface area contributed by atoms with Gasteiger partial charge in [0.25, 0.3) is 0 Å². The number of oxime groups is 1. The number of anilines is 2. The zero-order chi connectivity index (χ0) is 13.8. The van der Waals surface area contributed by atoms with E-state index in [1.165, 1.54) is 5.56 Å². The minimum Gasteiger partial charge on any atom is -0.409 e. The fraction of sp³-hybridized carbons (Fsp3) is 0.133. The van der Waals surface area contributed by atoms with Crippen molar-refractivity contribution in [3.05, 3.63) is 59.7 Å². The van der Waals surface area contributed by atoms with Gasteiger partial charge in [0.05, 0.1) is 5.69 Å². The van der Waals surface area contributed by atoms with Gasteiger partial charge in [-0.2, -0.15) is 0 Å². The van der Waals surface area contributed by atoms with E-state index in [1.54, 1.807) is 0 Å². The van der Waals surface area contributed by atoms with Crippen molar-refractivity contribution >= 4 is 17.2 Å². The summed E-state index contributed by atoms with van der Waals surface area (Å²) in [7, 11) is 1.95. The van der Waals surface area contributed by atoms with Gasteiger partial charge >= 0.3 is 0 Å². The molecule has 0 aliphatic carbocycles. The normalized spacial score (nSPS) is 11.4. The Hall–Kier alpha value is -2.49. The Morgan fingerprint density at radius 2 is 1.74 bits per heavy atom. The van der Waals surface area contributed by atoms with Crippen molar-refractivity contribution in [3.63, 3.8) is 0 Å². The highest BCUT2D eigenvalue weighted by Crippen LogP contribution is 2.26. The first-order chi connectivity index (χ1) is 9.13. The quantitative estimate of drug-likeness (QED) is 0.384. The summed E-state index contributed by atoms with van der Waals surface area (Å²) in [5, 5.41) is 11.9. The van der Waals surface area contributed by atoms with Crippen LogP contribution in [0.15, 0.2) is 53.7 Å². The van der Waals surface area contributed by atoms with Crippen LogP contribution in [0.1, 0.15) is 11.1 Å². The lowest BCUT2D eigenvalue weighted by molar-refractivity contribution is 0.318. The van der Waals surface area contributed by atoms with Crippen LogP contribution >= 0.6 is 0 Å². The molecular weight excluding hydrogens is 238 g/mol. The Morgan fingerprint density at radius 3 is 2.37 bits per heavy atom. The molecule has 3 N–H and O–H groups in total. The first-order valence-corrected chi connectivity index (χ1v) is 6.01. The van der Waals surface area contributed by atoms with E-state index in [0.29, 0.717) is 5.56 Å². The predicted octanol–water partition coefficient (Wildman–Crippen LogP) is 2.86. The highest BCUT2D eigenvalue weighted by atomic mass is 16.4. The van der Waals surface area contributed by atoms with Crippen LogP contribution in [-0.4, -0.2) is 18.1 Å². The maximum absolute atomic E-state index is 8.85. The first kappa shape index (κ1) is 13.0. The standard InChI is InChI=1S/C15H17N3O/c1-11-7-9-12(10-8-11)18(2)14-6-4-3-5-13(14)15(16)17-19/h3-10,19H,1-2H3,(H2,16,17). The zero-order valence-corrected chi connectivity index (χ0v) is 11.0. The van der Waals surface area contributed by atoms with Crippen molar-refractivity contribution < 1.29 is 5.21 Å².